The number of benzene rings is 1. The summed E-state index contributed by atoms with van der Waals surface area (Å²) in [5.41, 5.74) is 5.80. The minimum absolute atomic E-state index is 0.558. The standard InChI is InChI=1S/C20H23N3.C4H4O4/c1-2-11-22-12-7-17(8-13-22)19-18-6-4-3-5-16(18)9-14-23-15-10-21-20(19)23;5-3(6)1-2-4(7)8/h2-6,10,15H,1,7-9,11-14H2;1-2H,(H,5,6)(H,7,8)/b;2-1-. The van der Waals surface area contributed by atoms with Crippen molar-refractivity contribution in [3.63, 3.8) is 0 Å². The van der Waals surface area contributed by atoms with Gasteiger partial charge in [0.1, 0.15) is 5.82 Å². The fourth-order valence-electron chi connectivity index (χ4n) is 3.99. The molecule has 31 heavy (non-hydrogen) atoms. The van der Waals surface area contributed by atoms with Gasteiger partial charge in [-0.05, 0) is 30.4 Å². The zero-order valence-electron chi connectivity index (χ0n) is 17.4. The maximum absolute atomic E-state index is 9.55. The third-order valence-electron chi connectivity index (χ3n) is 5.42. The van der Waals surface area contributed by atoms with Gasteiger partial charge in [-0.25, -0.2) is 14.6 Å². The third kappa shape index (κ3) is 5.79. The van der Waals surface area contributed by atoms with Crippen LogP contribution in [0.15, 0.2) is 67.0 Å². The summed E-state index contributed by atoms with van der Waals surface area (Å²) < 4.78 is 2.32. The van der Waals surface area contributed by atoms with E-state index in [2.05, 4.69) is 46.5 Å². The van der Waals surface area contributed by atoms with Crippen LogP contribution in [-0.2, 0) is 22.6 Å². The highest BCUT2D eigenvalue weighted by Gasteiger charge is 2.24. The number of piperidine rings is 1. The average molecular weight is 421 g/mol. The van der Waals surface area contributed by atoms with Crippen LogP contribution in [0.1, 0.15) is 29.8 Å². The number of nitrogens with zero attached hydrogens (tertiary/aromatic N) is 3. The molecule has 0 atom stereocenters. The Morgan fingerprint density at radius 2 is 1.71 bits per heavy atom. The topological polar surface area (TPSA) is 95.7 Å². The number of hydrogen-bond acceptors (Lipinski definition) is 4. The first kappa shape index (κ1) is 22.2. The molecule has 2 N–H and O–H groups in total. The van der Waals surface area contributed by atoms with Crippen LogP contribution in [0, 0.1) is 0 Å². The van der Waals surface area contributed by atoms with Crippen molar-refractivity contribution in [3.05, 3.63) is 84.0 Å². The molecule has 162 valence electrons. The van der Waals surface area contributed by atoms with Crippen molar-refractivity contribution < 1.29 is 19.8 Å². The number of aliphatic carboxylic acids is 2. The van der Waals surface area contributed by atoms with Crippen molar-refractivity contribution in [2.45, 2.75) is 25.8 Å². The molecule has 2 aromatic rings. The number of aromatic nitrogens is 2. The first-order valence-corrected chi connectivity index (χ1v) is 10.3. The van der Waals surface area contributed by atoms with Gasteiger partial charge in [0.2, 0.25) is 0 Å². The second-order valence-electron chi connectivity index (χ2n) is 7.43. The summed E-state index contributed by atoms with van der Waals surface area (Å²) in [6.07, 6.45) is 10.5. The van der Waals surface area contributed by atoms with Crippen LogP contribution >= 0.6 is 0 Å². The quantitative estimate of drug-likeness (QED) is 0.581. The Labute approximate surface area is 181 Å². The summed E-state index contributed by atoms with van der Waals surface area (Å²) in [6, 6.07) is 8.86. The lowest BCUT2D eigenvalue weighted by molar-refractivity contribution is -0.134. The van der Waals surface area contributed by atoms with Crippen molar-refractivity contribution in [1.82, 2.24) is 14.5 Å². The van der Waals surface area contributed by atoms with E-state index < -0.39 is 11.9 Å². The number of aryl methyl sites for hydroxylation is 2. The van der Waals surface area contributed by atoms with Crippen LogP contribution in [0.25, 0.3) is 5.57 Å². The van der Waals surface area contributed by atoms with Gasteiger partial charge in [-0.2, -0.15) is 0 Å². The summed E-state index contributed by atoms with van der Waals surface area (Å²) in [4.78, 5) is 26.3. The molecule has 2 aliphatic heterocycles. The van der Waals surface area contributed by atoms with Gasteiger partial charge < -0.3 is 14.8 Å². The molecule has 2 aliphatic rings. The Kier molecular flexibility index (Phi) is 7.56. The summed E-state index contributed by atoms with van der Waals surface area (Å²) in [5, 5.41) is 15.6. The number of likely N-dealkylation sites (tertiary alicyclic amines) is 1. The minimum Gasteiger partial charge on any atom is -0.478 e. The van der Waals surface area contributed by atoms with Gasteiger partial charge in [0.05, 0.1) is 0 Å². The zero-order valence-corrected chi connectivity index (χ0v) is 17.4. The predicted octanol–water partition coefficient (Wildman–Crippen LogP) is 3.23. The minimum atomic E-state index is -1.26. The van der Waals surface area contributed by atoms with Crippen LogP contribution in [-0.4, -0.2) is 56.2 Å². The first-order valence-electron chi connectivity index (χ1n) is 10.3. The molecule has 0 bridgehead atoms. The molecule has 4 rings (SSSR count). The van der Waals surface area contributed by atoms with E-state index in [9.17, 15) is 9.59 Å². The molecule has 7 nitrogen and oxygen atoms in total. The molecule has 1 fully saturated rings. The van der Waals surface area contributed by atoms with Crippen molar-refractivity contribution in [3.8, 4) is 0 Å². The largest absolute Gasteiger partial charge is 0.478 e. The monoisotopic (exact) mass is 421 g/mol. The Bertz CT molecular complexity index is 993. The van der Waals surface area contributed by atoms with E-state index in [1.165, 1.54) is 16.7 Å². The Morgan fingerprint density at radius 3 is 2.35 bits per heavy atom. The van der Waals surface area contributed by atoms with Gasteiger partial charge in [-0.3, -0.25) is 4.90 Å². The molecule has 3 heterocycles. The normalized spacial score (nSPS) is 16.0. The van der Waals surface area contributed by atoms with Crippen LogP contribution in [0.4, 0.5) is 0 Å². The average Bonchev–Trinajstić information content (AvgIpc) is 3.16. The van der Waals surface area contributed by atoms with Gasteiger partial charge in [0.25, 0.3) is 0 Å². The summed E-state index contributed by atoms with van der Waals surface area (Å²) >= 11 is 0. The molecule has 1 saturated heterocycles. The SMILES string of the molecule is C=CCN1CCC(=C2c3ccccc3CCn3ccnc32)CC1.O=C(O)/C=C\C(=O)O. The highest BCUT2D eigenvalue weighted by molar-refractivity contribution is 5.89. The first-order chi connectivity index (χ1) is 15.0. The zero-order chi connectivity index (χ0) is 22.2. The fraction of sp³-hybridized carbons (Fsp3) is 0.292. The predicted molar refractivity (Wildman–Crippen MR) is 119 cm³/mol. The second kappa shape index (κ2) is 10.5. The molecule has 0 radical (unpaired) electrons. The molecule has 1 aromatic heterocycles. The molecule has 0 aliphatic carbocycles. The Hall–Kier alpha value is -3.45. The lowest BCUT2D eigenvalue weighted by Gasteiger charge is -2.29. The highest BCUT2D eigenvalue weighted by atomic mass is 16.4. The van der Waals surface area contributed by atoms with E-state index >= 15 is 0 Å². The molecule has 1 aromatic carbocycles. The van der Waals surface area contributed by atoms with Crippen molar-refractivity contribution in [2.24, 2.45) is 0 Å². The smallest absolute Gasteiger partial charge is 0.328 e. The van der Waals surface area contributed by atoms with Crippen molar-refractivity contribution in [2.75, 3.05) is 19.6 Å². The van der Waals surface area contributed by atoms with Crippen LogP contribution in [0.3, 0.4) is 0 Å². The van der Waals surface area contributed by atoms with E-state index in [4.69, 9.17) is 15.2 Å². The Morgan fingerprint density at radius 1 is 1.03 bits per heavy atom. The van der Waals surface area contributed by atoms with Gasteiger partial charge in [-0.15, -0.1) is 6.58 Å². The van der Waals surface area contributed by atoms with Gasteiger partial charge in [0, 0.05) is 56.3 Å². The number of fused-ring (bicyclic) bond motifs is 2. The number of imidazole rings is 1. The molecule has 0 spiro atoms. The van der Waals surface area contributed by atoms with Gasteiger partial charge in [0.15, 0.2) is 0 Å². The van der Waals surface area contributed by atoms with Crippen LogP contribution in [0.5, 0.6) is 0 Å². The maximum atomic E-state index is 9.55. The highest BCUT2D eigenvalue weighted by Crippen LogP contribution is 2.35. The van der Waals surface area contributed by atoms with Crippen molar-refractivity contribution >= 4 is 17.5 Å². The lowest BCUT2D eigenvalue weighted by atomic mass is 9.90. The van der Waals surface area contributed by atoms with Crippen LogP contribution < -0.4 is 0 Å². The number of carboxylic acids is 2. The van der Waals surface area contributed by atoms with Gasteiger partial charge in [-0.1, -0.05) is 35.9 Å². The molecular weight excluding hydrogens is 394 g/mol. The molecular formula is C24H27N3O4. The molecule has 0 amide bonds. The Balaban J connectivity index is 0.000000293. The van der Waals surface area contributed by atoms with E-state index in [0.29, 0.717) is 12.2 Å². The summed E-state index contributed by atoms with van der Waals surface area (Å²) in [7, 11) is 0. The summed E-state index contributed by atoms with van der Waals surface area (Å²) in [6.45, 7) is 8.11. The third-order valence-corrected chi connectivity index (χ3v) is 5.42. The molecule has 0 unspecified atom stereocenters. The fourth-order valence-corrected chi connectivity index (χ4v) is 3.99. The molecule has 7 heteroatoms. The number of carbonyl (C=O) groups is 2. The summed E-state index contributed by atoms with van der Waals surface area (Å²) in [5.74, 6) is -1.36. The van der Waals surface area contributed by atoms with E-state index in [1.54, 1.807) is 5.57 Å². The second-order valence-corrected chi connectivity index (χ2v) is 7.43. The number of carboxylic acid groups (broad SMARTS) is 2. The van der Waals surface area contributed by atoms with E-state index in [0.717, 1.165) is 51.3 Å². The van der Waals surface area contributed by atoms with Crippen molar-refractivity contribution in [1.29, 1.82) is 0 Å². The number of rotatable bonds is 4. The van der Waals surface area contributed by atoms with E-state index in [1.807, 2.05) is 12.3 Å². The molecule has 0 saturated carbocycles. The van der Waals surface area contributed by atoms with Gasteiger partial charge >= 0.3 is 11.9 Å². The maximum Gasteiger partial charge on any atom is 0.328 e. The lowest BCUT2D eigenvalue weighted by Crippen LogP contribution is -2.31. The number of hydrogen-bond donors (Lipinski definition) is 2. The van der Waals surface area contributed by atoms with Crippen LogP contribution in [0.2, 0.25) is 0 Å². The van der Waals surface area contributed by atoms with E-state index in [-0.39, 0.29) is 0 Å².